The quantitative estimate of drug-likeness (QED) is 0.763. The lowest BCUT2D eigenvalue weighted by Gasteiger charge is -2.32. The molecule has 2 aromatic rings. The molecule has 1 unspecified atom stereocenters. The van der Waals surface area contributed by atoms with Crippen molar-refractivity contribution >= 4 is 17.5 Å². The molecule has 0 radical (unpaired) electrons. The molecule has 2 aromatic carbocycles. The van der Waals surface area contributed by atoms with Crippen LogP contribution in [-0.4, -0.2) is 37.1 Å². The first-order valence-electron chi connectivity index (χ1n) is 10.4. The fourth-order valence-electron chi connectivity index (χ4n) is 3.99. The van der Waals surface area contributed by atoms with Crippen LogP contribution in [0.4, 0.5) is 4.39 Å². The summed E-state index contributed by atoms with van der Waals surface area (Å²) in [6.07, 6.45) is 1.52. The minimum Gasteiger partial charge on any atom is -0.486 e. The average Bonchev–Trinajstić information content (AvgIpc) is 2.75. The summed E-state index contributed by atoms with van der Waals surface area (Å²) in [5.41, 5.74) is 1.62. The smallest absolute Gasteiger partial charge is 0.223 e. The molecule has 1 atom stereocenters. The number of hydrogen-bond acceptors (Lipinski definition) is 4. The van der Waals surface area contributed by atoms with Crippen molar-refractivity contribution in [3.63, 3.8) is 0 Å². The van der Waals surface area contributed by atoms with Crippen molar-refractivity contribution in [1.82, 2.24) is 10.2 Å². The van der Waals surface area contributed by atoms with Gasteiger partial charge >= 0.3 is 0 Å². The van der Waals surface area contributed by atoms with Crippen LogP contribution in [0.5, 0.6) is 11.5 Å². The van der Waals surface area contributed by atoms with Gasteiger partial charge in [0.2, 0.25) is 5.91 Å². The molecule has 1 fully saturated rings. The minimum atomic E-state index is -0.282. The normalized spacial score (nSPS) is 18.1. The van der Waals surface area contributed by atoms with E-state index in [2.05, 4.69) is 10.2 Å². The average molecular weight is 433 g/mol. The molecular formula is C23H26ClFN2O3. The van der Waals surface area contributed by atoms with E-state index < -0.39 is 0 Å². The number of benzene rings is 2. The lowest BCUT2D eigenvalue weighted by atomic mass is 9.94. The number of carbonyl (C=O) groups excluding carboxylic acids is 1. The minimum absolute atomic E-state index is 0.0315. The molecule has 1 amide bonds. The van der Waals surface area contributed by atoms with Crippen molar-refractivity contribution in [1.29, 1.82) is 0 Å². The summed E-state index contributed by atoms with van der Waals surface area (Å²) >= 11 is 5.82. The molecule has 30 heavy (non-hydrogen) atoms. The lowest BCUT2D eigenvalue weighted by Crippen LogP contribution is -2.41. The number of fused-ring (bicyclic) bond motifs is 1. The number of rotatable bonds is 5. The zero-order valence-electron chi connectivity index (χ0n) is 17.0. The van der Waals surface area contributed by atoms with Crippen molar-refractivity contribution in [2.24, 2.45) is 5.92 Å². The van der Waals surface area contributed by atoms with Gasteiger partial charge in [0, 0.05) is 23.0 Å². The molecule has 4 rings (SSSR count). The van der Waals surface area contributed by atoms with E-state index in [1.807, 2.05) is 25.1 Å². The number of piperidine rings is 1. The highest BCUT2D eigenvalue weighted by Gasteiger charge is 2.26. The Morgan fingerprint density at radius 1 is 1.17 bits per heavy atom. The Bertz CT molecular complexity index is 915. The van der Waals surface area contributed by atoms with Crippen molar-refractivity contribution in [2.75, 3.05) is 26.3 Å². The van der Waals surface area contributed by atoms with E-state index in [-0.39, 0.29) is 23.7 Å². The summed E-state index contributed by atoms with van der Waals surface area (Å²) in [6, 6.07) is 10.4. The summed E-state index contributed by atoms with van der Waals surface area (Å²) in [6.45, 7) is 5.13. The molecule has 0 aromatic heterocycles. The van der Waals surface area contributed by atoms with Gasteiger partial charge in [-0.05, 0) is 62.7 Å². The first kappa shape index (κ1) is 20.9. The maximum atomic E-state index is 14.0. The molecule has 0 bridgehead atoms. The monoisotopic (exact) mass is 432 g/mol. The van der Waals surface area contributed by atoms with Crippen LogP contribution in [0.25, 0.3) is 0 Å². The van der Waals surface area contributed by atoms with Crippen molar-refractivity contribution in [3.05, 3.63) is 58.4 Å². The van der Waals surface area contributed by atoms with Gasteiger partial charge in [-0.25, -0.2) is 4.39 Å². The third kappa shape index (κ3) is 4.87. The van der Waals surface area contributed by atoms with Gasteiger partial charge in [-0.2, -0.15) is 0 Å². The van der Waals surface area contributed by atoms with Crippen LogP contribution >= 0.6 is 11.6 Å². The molecule has 2 heterocycles. The molecule has 7 heteroatoms. The molecule has 1 N–H and O–H groups in total. The van der Waals surface area contributed by atoms with E-state index in [0.717, 1.165) is 43.0 Å². The molecule has 1 saturated heterocycles. The predicted molar refractivity (Wildman–Crippen MR) is 113 cm³/mol. The van der Waals surface area contributed by atoms with Gasteiger partial charge in [-0.15, -0.1) is 0 Å². The molecular weight excluding hydrogens is 407 g/mol. The highest BCUT2D eigenvalue weighted by atomic mass is 35.5. The van der Waals surface area contributed by atoms with Gasteiger partial charge < -0.3 is 14.8 Å². The second-order valence-electron chi connectivity index (χ2n) is 7.92. The van der Waals surface area contributed by atoms with Crippen molar-refractivity contribution < 1.29 is 18.7 Å². The Morgan fingerprint density at radius 3 is 2.63 bits per heavy atom. The molecule has 5 nitrogen and oxygen atoms in total. The fraction of sp³-hybridized carbons (Fsp3) is 0.435. The summed E-state index contributed by atoms with van der Waals surface area (Å²) < 4.78 is 25.2. The van der Waals surface area contributed by atoms with E-state index in [0.29, 0.717) is 30.3 Å². The van der Waals surface area contributed by atoms with Crippen molar-refractivity contribution in [2.45, 2.75) is 32.4 Å². The second-order valence-corrected chi connectivity index (χ2v) is 8.36. The number of ether oxygens (including phenoxy) is 2. The Morgan fingerprint density at radius 2 is 1.90 bits per heavy atom. The Hall–Kier alpha value is -2.31. The van der Waals surface area contributed by atoms with Crippen molar-refractivity contribution in [3.8, 4) is 11.5 Å². The van der Waals surface area contributed by atoms with E-state index >= 15 is 0 Å². The van der Waals surface area contributed by atoms with Crippen LogP contribution in [-0.2, 0) is 11.3 Å². The van der Waals surface area contributed by atoms with Gasteiger partial charge in [0.1, 0.15) is 19.0 Å². The topological polar surface area (TPSA) is 50.8 Å². The van der Waals surface area contributed by atoms with E-state index in [4.69, 9.17) is 21.1 Å². The zero-order chi connectivity index (χ0) is 21.1. The number of carbonyl (C=O) groups is 1. The standard InChI is InChI=1S/C23H26ClFN2O3/c1-15(17-3-5-21-22(12-17)30-11-10-29-21)26-23(28)16-6-8-27(9-7-16)14-18-2-4-19(24)13-20(18)25/h2-5,12-13,15-16H,6-11,14H2,1H3,(H,26,28). The third-order valence-electron chi connectivity index (χ3n) is 5.79. The number of likely N-dealkylation sites (tertiary alicyclic amines) is 1. The van der Waals surface area contributed by atoms with Gasteiger partial charge in [0.15, 0.2) is 11.5 Å². The number of amides is 1. The Labute approximate surface area is 181 Å². The summed E-state index contributed by atoms with van der Waals surface area (Å²) in [7, 11) is 0. The van der Waals surface area contributed by atoms with Crippen LogP contribution in [0.15, 0.2) is 36.4 Å². The molecule has 0 spiro atoms. The van der Waals surface area contributed by atoms with E-state index in [1.165, 1.54) is 6.07 Å². The van der Waals surface area contributed by atoms with Crippen LogP contribution in [0.3, 0.4) is 0 Å². The maximum absolute atomic E-state index is 14.0. The Balaban J connectivity index is 1.29. The summed E-state index contributed by atoms with van der Waals surface area (Å²) in [5, 5.41) is 3.53. The van der Waals surface area contributed by atoms with Gasteiger partial charge in [-0.1, -0.05) is 23.7 Å². The third-order valence-corrected chi connectivity index (χ3v) is 6.03. The predicted octanol–water partition coefficient (Wildman–Crippen LogP) is 4.34. The number of hydrogen-bond donors (Lipinski definition) is 1. The SMILES string of the molecule is CC(NC(=O)C1CCN(Cc2ccc(Cl)cc2F)CC1)c1ccc2c(c1)OCCO2. The first-order valence-corrected chi connectivity index (χ1v) is 10.7. The molecule has 2 aliphatic heterocycles. The summed E-state index contributed by atoms with van der Waals surface area (Å²) in [5.74, 6) is 1.22. The second kappa shape index (κ2) is 9.23. The fourth-order valence-corrected chi connectivity index (χ4v) is 4.15. The van der Waals surface area contributed by atoms with Crippen LogP contribution in [0.1, 0.15) is 36.9 Å². The number of nitrogens with one attached hydrogen (secondary N) is 1. The van der Waals surface area contributed by atoms with E-state index in [9.17, 15) is 9.18 Å². The van der Waals surface area contributed by atoms with Gasteiger partial charge in [-0.3, -0.25) is 9.69 Å². The highest BCUT2D eigenvalue weighted by molar-refractivity contribution is 6.30. The molecule has 0 saturated carbocycles. The molecule has 2 aliphatic rings. The Kier molecular flexibility index (Phi) is 6.44. The molecule has 0 aliphatic carbocycles. The van der Waals surface area contributed by atoms with Crippen LogP contribution < -0.4 is 14.8 Å². The van der Waals surface area contributed by atoms with Crippen LogP contribution in [0.2, 0.25) is 5.02 Å². The van der Waals surface area contributed by atoms with Gasteiger partial charge in [0.05, 0.1) is 6.04 Å². The van der Waals surface area contributed by atoms with Gasteiger partial charge in [0.25, 0.3) is 0 Å². The highest BCUT2D eigenvalue weighted by Crippen LogP contribution is 2.33. The van der Waals surface area contributed by atoms with E-state index in [1.54, 1.807) is 12.1 Å². The number of halogens is 2. The van der Waals surface area contributed by atoms with Crippen LogP contribution in [0, 0.1) is 11.7 Å². The molecule has 160 valence electrons. The number of nitrogens with zero attached hydrogens (tertiary/aromatic N) is 1. The largest absolute Gasteiger partial charge is 0.486 e. The summed E-state index contributed by atoms with van der Waals surface area (Å²) in [4.78, 5) is 14.9. The lowest BCUT2D eigenvalue weighted by molar-refractivity contribution is -0.127. The first-order chi connectivity index (χ1) is 14.5. The maximum Gasteiger partial charge on any atom is 0.223 e. The zero-order valence-corrected chi connectivity index (χ0v) is 17.8.